The predicted octanol–water partition coefficient (Wildman–Crippen LogP) is 3.76. The van der Waals surface area contributed by atoms with E-state index in [1.165, 1.54) is 4.70 Å². The van der Waals surface area contributed by atoms with Gasteiger partial charge in [-0.2, -0.15) is 0 Å². The molecule has 3 rings (SSSR count). The fourth-order valence-corrected chi connectivity index (χ4v) is 3.01. The number of benzene rings is 2. The topological polar surface area (TPSA) is 45.1 Å². The molecule has 0 radical (unpaired) electrons. The minimum atomic E-state index is 0.219. The minimum Gasteiger partial charge on any atom is -0.396 e. The smallest absolute Gasteiger partial charge is 0.124 e. The van der Waals surface area contributed by atoms with Crippen LogP contribution in [0.4, 0.5) is 5.69 Å². The second-order valence-corrected chi connectivity index (χ2v) is 5.60. The molecule has 0 fully saturated rings. The van der Waals surface area contributed by atoms with Crippen LogP contribution in [0, 0.1) is 0 Å². The first-order valence-corrected chi connectivity index (χ1v) is 7.49. The van der Waals surface area contributed by atoms with Crippen LogP contribution in [0.15, 0.2) is 48.5 Å². The van der Waals surface area contributed by atoms with Gasteiger partial charge >= 0.3 is 0 Å². The van der Waals surface area contributed by atoms with Crippen LogP contribution in [0.3, 0.4) is 0 Å². The molecule has 2 aromatic carbocycles. The van der Waals surface area contributed by atoms with Crippen LogP contribution in [0.1, 0.15) is 6.42 Å². The Kier molecular flexibility index (Phi) is 3.95. The van der Waals surface area contributed by atoms with Gasteiger partial charge in [-0.05, 0) is 42.8 Å². The van der Waals surface area contributed by atoms with Crippen molar-refractivity contribution in [2.75, 3.05) is 18.5 Å². The quantitative estimate of drug-likeness (QED) is 0.701. The zero-order chi connectivity index (χ0) is 13.8. The highest BCUT2D eigenvalue weighted by Crippen LogP contribution is 2.30. The van der Waals surface area contributed by atoms with Crippen LogP contribution in [-0.2, 0) is 0 Å². The lowest BCUT2D eigenvalue weighted by molar-refractivity contribution is 0.292. The van der Waals surface area contributed by atoms with Crippen molar-refractivity contribution < 1.29 is 5.11 Å². The van der Waals surface area contributed by atoms with Crippen molar-refractivity contribution in [3.8, 4) is 10.6 Å². The molecule has 0 aliphatic carbocycles. The fourth-order valence-electron chi connectivity index (χ4n) is 2.04. The molecule has 0 aliphatic rings. The third-order valence-electron chi connectivity index (χ3n) is 3.09. The highest BCUT2D eigenvalue weighted by Gasteiger charge is 2.05. The Morgan fingerprint density at radius 2 is 1.85 bits per heavy atom. The molecule has 1 aromatic heterocycles. The van der Waals surface area contributed by atoms with Crippen molar-refractivity contribution >= 4 is 27.2 Å². The SMILES string of the molecule is OCCCNc1ccc(-c2nc3ccccc3s2)cc1. The second kappa shape index (κ2) is 6.03. The van der Waals surface area contributed by atoms with Gasteiger partial charge in [-0.1, -0.05) is 12.1 Å². The number of aromatic nitrogens is 1. The third kappa shape index (κ3) is 2.81. The fraction of sp³-hybridized carbons (Fsp3) is 0.188. The number of anilines is 1. The summed E-state index contributed by atoms with van der Waals surface area (Å²) in [5.74, 6) is 0. The Hall–Kier alpha value is -1.91. The summed E-state index contributed by atoms with van der Waals surface area (Å²) in [5, 5.41) is 13.1. The van der Waals surface area contributed by atoms with Gasteiger partial charge in [0.1, 0.15) is 5.01 Å². The molecular weight excluding hydrogens is 268 g/mol. The van der Waals surface area contributed by atoms with Gasteiger partial charge in [0.15, 0.2) is 0 Å². The van der Waals surface area contributed by atoms with Crippen LogP contribution in [-0.4, -0.2) is 23.2 Å². The molecule has 4 heteroatoms. The molecule has 0 atom stereocenters. The van der Waals surface area contributed by atoms with Gasteiger partial charge in [-0.25, -0.2) is 4.98 Å². The normalized spacial score (nSPS) is 10.8. The summed E-state index contributed by atoms with van der Waals surface area (Å²) in [6.07, 6.45) is 0.764. The number of fused-ring (bicyclic) bond motifs is 1. The molecule has 0 amide bonds. The number of hydrogen-bond acceptors (Lipinski definition) is 4. The van der Waals surface area contributed by atoms with E-state index in [0.29, 0.717) is 0 Å². The first-order chi connectivity index (χ1) is 9.86. The Labute approximate surface area is 121 Å². The molecule has 0 saturated heterocycles. The molecule has 0 unspecified atom stereocenters. The zero-order valence-electron chi connectivity index (χ0n) is 11.0. The van der Waals surface area contributed by atoms with E-state index in [-0.39, 0.29) is 6.61 Å². The number of rotatable bonds is 5. The van der Waals surface area contributed by atoms with E-state index in [9.17, 15) is 0 Å². The van der Waals surface area contributed by atoms with Crippen molar-refractivity contribution in [2.24, 2.45) is 0 Å². The van der Waals surface area contributed by atoms with Crippen molar-refractivity contribution in [1.29, 1.82) is 0 Å². The van der Waals surface area contributed by atoms with E-state index in [2.05, 4.69) is 40.6 Å². The second-order valence-electron chi connectivity index (χ2n) is 4.57. The maximum atomic E-state index is 8.76. The predicted molar refractivity (Wildman–Crippen MR) is 85.2 cm³/mol. The summed E-state index contributed by atoms with van der Waals surface area (Å²) in [4.78, 5) is 4.65. The monoisotopic (exact) mass is 284 g/mol. The Bertz CT molecular complexity index is 658. The minimum absolute atomic E-state index is 0.219. The number of nitrogens with zero attached hydrogens (tertiary/aromatic N) is 1. The van der Waals surface area contributed by atoms with Crippen LogP contribution in [0.2, 0.25) is 0 Å². The number of thiazole rings is 1. The van der Waals surface area contributed by atoms with Crippen molar-refractivity contribution in [1.82, 2.24) is 4.98 Å². The Morgan fingerprint density at radius 3 is 2.60 bits per heavy atom. The molecule has 2 N–H and O–H groups in total. The van der Waals surface area contributed by atoms with Gasteiger partial charge in [0, 0.05) is 24.4 Å². The zero-order valence-corrected chi connectivity index (χ0v) is 11.9. The lowest BCUT2D eigenvalue weighted by Crippen LogP contribution is -2.02. The molecule has 102 valence electrons. The van der Waals surface area contributed by atoms with Crippen molar-refractivity contribution in [3.05, 3.63) is 48.5 Å². The first kappa shape index (κ1) is 13.1. The highest BCUT2D eigenvalue weighted by molar-refractivity contribution is 7.21. The van der Waals surface area contributed by atoms with E-state index in [4.69, 9.17) is 5.11 Å². The molecule has 0 bridgehead atoms. The molecule has 0 spiro atoms. The molecule has 3 nitrogen and oxygen atoms in total. The number of aliphatic hydroxyl groups excluding tert-OH is 1. The summed E-state index contributed by atoms with van der Waals surface area (Å²) in [5.41, 5.74) is 3.26. The average Bonchev–Trinajstić information content (AvgIpc) is 2.92. The maximum Gasteiger partial charge on any atom is 0.124 e. The first-order valence-electron chi connectivity index (χ1n) is 6.67. The van der Waals surface area contributed by atoms with Crippen LogP contribution in [0.5, 0.6) is 0 Å². The number of nitrogens with one attached hydrogen (secondary N) is 1. The molecule has 0 saturated carbocycles. The largest absolute Gasteiger partial charge is 0.396 e. The lowest BCUT2D eigenvalue weighted by Gasteiger charge is -2.05. The van der Waals surface area contributed by atoms with Crippen molar-refractivity contribution in [2.45, 2.75) is 6.42 Å². The summed E-state index contributed by atoms with van der Waals surface area (Å²) in [6, 6.07) is 16.5. The van der Waals surface area contributed by atoms with E-state index in [1.807, 2.05) is 18.2 Å². The average molecular weight is 284 g/mol. The number of aliphatic hydroxyl groups is 1. The Balaban J connectivity index is 1.79. The van der Waals surface area contributed by atoms with E-state index in [0.717, 1.165) is 34.7 Å². The maximum absolute atomic E-state index is 8.76. The molecule has 0 aliphatic heterocycles. The van der Waals surface area contributed by atoms with Crippen LogP contribution >= 0.6 is 11.3 Å². The summed E-state index contributed by atoms with van der Waals surface area (Å²) < 4.78 is 1.22. The number of hydrogen-bond donors (Lipinski definition) is 2. The molecule has 1 heterocycles. The lowest BCUT2D eigenvalue weighted by atomic mass is 10.2. The van der Waals surface area contributed by atoms with Crippen LogP contribution in [0.25, 0.3) is 20.8 Å². The molecular formula is C16H16N2OS. The van der Waals surface area contributed by atoms with Crippen molar-refractivity contribution in [3.63, 3.8) is 0 Å². The van der Waals surface area contributed by atoms with Crippen LogP contribution < -0.4 is 5.32 Å². The highest BCUT2D eigenvalue weighted by atomic mass is 32.1. The van der Waals surface area contributed by atoms with Gasteiger partial charge in [0.25, 0.3) is 0 Å². The standard InChI is InChI=1S/C16H16N2OS/c19-11-3-10-17-13-8-6-12(7-9-13)16-18-14-4-1-2-5-15(14)20-16/h1-2,4-9,17,19H,3,10-11H2. The van der Waals surface area contributed by atoms with Gasteiger partial charge in [0.05, 0.1) is 10.2 Å². The third-order valence-corrected chi connectivity index (χ3v) is 4.18. The van der Waals surface area contributed by atoms with E-state index in [1.54, 1.807) is 11.3 Å². The van der Waals surface area contributed by atoms with E-state index >= 15 is 0 Å². The Morgan fingerprint density at radius 1 is 1.05 bits per heavy atom. The van der Waals surface area contributed by atoms with Gasteiger partial charge in [-0.15, -0.1) is 11.3 Å². The van der Waals surface area contributed by atoms with Gasteiger partial charge < -0.3 is 10.4 Å². The summed E-state index contributed by atoms with van der Waals surface area (Å²) >= 11 is 1.71. The molecule has 20 heavy (non-hydrogen) atoms. The summed E-state index contributed by atoms with van der Waals surface area (Å²) in [7, 11) is 0. The molecule has 3 aromatic rings. The van der Waals surface area contributed by atoms with Gasteiger partial charge in [-0.3, -0.25) is 0 Å². The summed E-state index contributed by atoms with van der Waals surface area (Å²) in [6.45, 7) is 1.01. The van der Waals surface area contributed by atoms with Gasteiger partial charge in [0.2, 0.25) is 0 Å². The number of para-hydroxylation sites is 1. The van der Waals surface area contributed by atoms with E-state index < -0.39 is 0 Å².